The van der Waals surface area contributed by atoms with Crippen LogP contribution in [0.3, 0.4) is 0 Å². The third kappa shape index (κ3) is 2.95. The van der Waals surface area contributed by atoms with E-state index in [0.29, 0.717) is 5.78 Å². The van der Waals surface area contributed by atoms with Gasteiger partial charge in [-0.1, -0.05) is 19.8 Å². The van der Waals surface area contributed by atoms with Crippen LogP contribution < -0.4 is 0 Å². The number of fused-ring (bicyclic) bond motifs is 1. The molecule has 2 unspecified atom stereocenters. The molecule has 0 aromatic carbocycles. The molecular weight excluding hydrogens is 250 g/mol. The number of nitrogens with zero attached hydrogens (tertiary/aromatic N) is 3. The van der Waals surface area contributed by atoms with Gasteiger partial charge in [0.1, 0.15) is 11.6 Å². The fourth-order valence-electron chi connectivity index (χ4n) is 3.74. The minimum absolute atomic E-state index is 0.266. The molecule has 0 bridgehead atoms. The quantitative estimate of drug-likeness (QED) is 0.847. The van der Waals surface area contributed by atoms with Crippen LogP contribution in [-0.4, -0.2) is 33.3 Å². The van der Waals surface area contributed by atoms with Crippen LogP contribution in [0.5, 0.6) is 0 Å². The zero-order valence-corrected chi connectivity index (χ0v) is 12.4. The van der Waals surface area contributed by atoms with Crippen molar-refractivity contribution in [1.82, 2.24) is 14.5 Å². The molecule has 0 radical (unpaired) electrons. The molecule has 110 valence electrons. The van der Waals surface area contributed by atoms with E-state index in [2.05, 4.69) is 27.6 Å². The van der Waals surface area contributed by atoms with Crippen molar-refractivity contribution in [2.24, 2.45) is 11.8 Å². The van der Waals surface area contributed by atoms with Crippen LogP contribution in [0.1, 0.15) is 44.9 Å². The number of rotatable bonds is 4. The standard InChI is InChI=1S/C16H25N3O/c1-2-3-13-4-5-15(20)14(10-13)11-18-8-9-19-7-6-17-16(19)12-18/h6-7,13-14H,2-5,8-12H2,1H3. The van der Waals surface area contributed by atoms with Gasteiger partial charge in [-0.25, -0.2) is 4.98 Å². The lowest BCUT2D eigenvalue weighted by Gasteiger charge is -2.34. The summed E-state index contributed by atoms with van der Waals surface area (Å²) < 4.78 is 2.22. The summed E-state index contributed by atoms with van der Waals surface area (Å²) in [7, 11) is 0. The fourth-order valence-corrected chi connectivity index (χ4v) is 3.74. The topological polar surface area (TPSA) is 38.1 Å². The van der Waals surface area contributed by atoms with Crippen LogP contribution in [0.4, 0.5) is 0 Å². The number of carbonyl (C=O) groups excluding carboxylic acids is 1. The third-order valence-corrected chi connectivity index (χ3v) is 4.87. The van der Waals surface area contributed by atoms with Crippen molar-refractivity contribution in [3.63, 3.8) is 0 Å². The smallest absolute Gasteiger partial charge is 0.137 e. The van der Waals surface area contributed by atoms with Gasteiger partial charge in [0.15, 0.2) is 0 Å². The molecule has 1 saturated carbocycles. The highest BCUT2D eigenvalue weighted by atomic mass is 16.1. The van der Waals surface area contributed by atoms with Gasteiger partial charge >= 0.3 is 0 Å². The SMILES string of the molecule is CCCC1CCC(=O)C(CN2CCn3ccnc3C2)C1. The second-order valence-electron chi connectivity index (χ2n) is 6.36. The van der Waals surface area contributed by atoms with Crippen molar-refractivity contribution >= 4 is 5.78 Å². The van der Waals surface area contributed by atoms with E-state index >= 15 is 0 Å². The number of Topliss-reactive ketones (excluding diaryl/α,β-unsaturated/α-hetero) is 1. The van der Waals surface area contributed by atoms with Gasteiger partial charge in [-0.2, -0.15) is 0 Å². The number of carbonyl (C=O) groups is 1. The lowest BCUT2D eigenvalue weighted by Crippen LogP contribution is -2.40. The van der Waals surface area contributed by atoms with Crippen molar-refractivity contribution in [3.8, 4) is 0 Å². The van der Waals surface area contributed by atoms with Crippen molar-refractivity contribution < 1.29 is 4.79 Å². The Labute approximate surface area is 121 Å². The van der Waals surface area contributed by atoms with Crippen molar-refractivity contribution in [2.75, 3.05) is 13.1 Å². The molecular formula is C16H25N3O. The van der Waals surface area contributed by atoms with E-state index in [4.69, 9.17) is 0 Å². The Morgan fingerprint density at radius 2 is 2.30 bits per heavy atom. The van der Waals surface area contributed by atoms with Crippen LogP contribution in [0.2, 0.25) is 0 Å². The zero-order chi connectivity index (χ0) is 13.9. The Morgan fingerprint density at radius 3 is 3.15 bits per heavy atom. The highest BCUT2D eigenvalue weighted by Gasteiger charge is 2.30. The van der Waals surface area contributed by atoms with Crippen LogP contribution in [-0.2, 0) is 17.9 Å². The number of ketones is 1. The molecule has 1 aromatic rings. The molecule has 0 spiro atoms. The summed E-state index contributed by atoms with van der Waals surface area (Å²) in [5.41, 5.74) is 0. The second-order valence-corrected chi connectivity index (χ2v) is 6.36. The molecule has 4 nitrogen and oxygen atoms in total. The van der Waals surface area contributed by atoms with E-state index in [1.165, 1.54) is 12.8 Å². The number of aromatic nitrogens is 2. The predicted molar refractivity (Wildman–Crippen MR) is 78.3 cm³/mol. The predicted octanol–water partition coefficient (Wildman–Crippen LogP) is 2.48. The van der Waals surface area contributed by atoms with Gasteiger partial charge in [0.05, 0.1) is 6.54 Å². The summed E-state index contributed by atoms with van der Waals surface area (Å²) >= 11 is 0. The van der Waals surface area contributed by atoms with Gasteiger partial charge in [-0.3, -0.25) is 9.69 Å². The van der Waals surface area contributed by atoms with Gasteiger partial charge in [0, 0.05) is 44.4 Å². The van der Waals surface area contributed by atoms with E-state index < -0.39 is 0 Å². The molecule has 4 heteroatoms. The van der Waals surface area contributed by atoms with Crippen LogP contribution in [0, 0.1) is 11.8 Å². The van der Waals surface area contributed by atoms with Gasteiger partial charge < -0.3 is 4.57 Å². The maximum atomic E-state index is 12.2. The van der Waals surface area contributed by atoms with Crippen molar-refractivity contribution in [3.05, 3.63) is 18.2 Å². The molecule has 0 saturated heterocycles. The lowest BCUT2D eigenvalue weighted by atomic mass is 9.78. The fraction of sp³-hybridized carbons (Fsp3) is 0.750. The summed E-state index contributed by atoms with van der Waals surface area (Å²) in [6.45, 7) is 6.14. The summed E-state index contributed by atoms with van der Waals surface area (Å²) in [5.74, 6) is 2.67. The second kappa shape index (κ2) is 6.08. The Hall–Kier alpha value is -1.16. The van der Waals surface area contributed by atoms with E-state index in [1.54, 1.807) is 0 Å². The average molecular weight is 275 g/mol. The minimum Gasteiger partial charge on any atom is -0.333 e. The van der Waals surface area contributed by atoms with E-state index in [0.717, 1.165) is 57.2 Å². The maximum absolute atomic E-state index is 12.2. The Bertz CT molecular complexity index is 468. The first kappa shape index (κ1) is 13.8. The number of hydrogen-bond donors (Lipinski definition) is 0. The Kier molecular flexibility index (Phi) is 4.20. The van der Waals surface area contributed by atoms with E-state index in [1.807, 2.05) is 6.20 Å². The van der Waals surface area contributed by atoms with Gasteiger partial charge in [-0.05, 0) is 18.8 Å². The monoisotopic (exact) mass is 275 g/mol. The molecule has 2 heterocycles. The zero-order valence-electron chi connectivity index (χ0n) is 12.4. The van der Waals surface area contributed by atoms with E-state index in [-0.39, 0.29) is 5.92 Å². The first-order valence-corrected chi connectivity index (χ1v) is 8.01. The average Bonchev–Trinajstić information content (AvgIpc) is 2.90. The summed E-state index contributed by atoms with van der Waals surface area (Å²) in [4.78, 5) is 19.0. The normalized spacial score (nSPS) is 27.6. The summed E-state index contributed by atoms with van der Waals surface area (Å²) in [6.07, 6.45) is 9.49. The van der Waals surface area contributed by atoms with Crippen LogP contribution in [0.15, 0.2) is 12.4 Å². The molecule has 20 heavy (non-hydrogen) atoms. The maximum Gasteiger partial charge on any atom is 0.137 e. The lowest BCUT2D eigenvalue weighted by molar-refractivity contribution is -0.126. The van der Waals surface area contributed by atoms with E-state index in [9.17, 15) is 4.79 Å². The number of hydrogen-bond acceptors (Lipinski definition) is 3. The van der Waals surface area contributed by atoms with Crippen LogP contribution >= 0.6 is 0 Å². The van der Waals surface area contributed by atoms with Crippen LogP contribution in [0.25, 0.3) is 0 Å². The molecule has 2 aliphatic rings. The first-order chi connectivity index (χ1) is 9.76. The molecule has 1 aromatic heterocycles. The molecule has 2 atom stereocenters. The largest absolute Gasteiger partial charge is 0.333 e. The highest BCUT2D eigenvalue weighted by Crippen LogP contribution is 2.30. The summed E-state index contributed by atoms with van der Waals surface area (Å²) in [6, 6.07) is 0. The van der Waals surface area contributed by atoms with Gasteiger partial charge in [-0.15, -0.1) is 0 Å². The molecule has 1 fully saturated rings. The minimum atomic E-state index is 0.266. The van der Waals surface area contributed by atoms with Gasteiger partial charge in [0.2, 0.25) is 0 Å². The molecule has 1 aliphatic carbocycles. The van der Waals surface area contributed by atoms with Gasteiger partial charge in [0.25, 0.3) is 0 Å². The highest BCUT2D eigenvalue weighted by molar-refractivity contribution is 5.81. The molecule has 0 N–H and O–H groups in total. The number of imidazole rings is 1. The Balaban J connectivity index is 1.58. The first-order valence-electron chi connectivity index (χ1n) is 8.01. The van der Waals surface area contributed by atoms with Crippen molar-refractivity contribution in [2.45, 2.75) is 52.1 Å². The molecule has 0 amide bonds. The third-order valence-electron chi connectivity index (χ3n) is 4.87. The summed E-state index contributed by atoms with van der Waals surface area (Å²) in [5, 5.41) is 0. The molecule has 1 aliphatic heterocycles. The molecule has 3 rings (SSSR count). The van der Waals surface area contributed by atoms with Crippen molar-refractivity contribution in [1.29, 1.82) is 0 Å². The Morgan fingerprint density at radius 1 is 1.40 bits per heavy atom.